The van der Waals surface area contributed by atoms with Crippen LogP contribution in [0.5, 0.6) is 5.75 Å². The molecule has 1 fully saturated rings. The number of amides is 1. The topological polar surface area (TPSA) is 75.7 Å². The van der Waals surface area contributed by atoms with Crippen molar-refractivity contribution in [2.24, 2.45) is 0 Å². The third-order valence-corrected chi connectivity index (χ3v) is 5.36. The second-order valence-corrected chi connectivity index (χ2v) is 8.75. The Hall–Kier alpha value is -1.97. The molecule has 0 spiro atoms. The van der Waals surface area contributed by atoms with Crippen LogP contribution in [0.3, 0.4) is 0 Å². The van der Waals surface area contributed by atoms with E-state index in [4.69, 9.17) is 16.4 Å². The van der Waals surface area contributed by atoms with Gasteiger partial charge in [-0.15, -0.1) is 0 Å². The van der Waals surface area contributed by atoms with Gasteiger partial charge in [0, 0.05) is 11.5 Å². The molecule has 0 bridgehead atoms. The van der Waals surface area contributed by atoms with Crippen LogP contribution in [-0.2, 0) is 20.5 Å². The second kappa shape index (κ2) is 6.64. The number of nitrogens with zero attached hydrogens (tertiary/aromatic N) is 1. The van der Waals surface area contributed by atoms with Gasteiger partial charge in [0.15, 0.2) is 10.7 Å². The van der Waals surface area contributed by atoms with E-state index in [9.17, 15) is 13.2 Å². The lowest BCUT2D eigenvalue weighted by molar-refractivity contribution is -0.129. The van der Waals surface area contributed by atoms with Gasteiger partial charge in [-0.1, -0.05) is 40.2 Å². The monoisotopic (exact) mass is 454 g/mol. The van der Waals surface area contributed by atoms with E-state index in [2.05, 4.69) is 21.2 Å². The Morgan fingerprint density at radius 3 is 2.31 bits per heavy atom. The lowest BCUT2D eigenvalue weighted by atomic mass is 9.82. The van der Waals surface area contributed by atoms with Gasteiger partial charge in [0.05, 0.1) is 6.26 Å². The van der Waals surface area contributed by atoms with Crippen molar-refractivity contribution in [1.29, 1.82) is 0 Å². The van der Waals surface area contributed by atoms with Crippen molar-refractivity contribution in [3.63, 3.8) is 0 Å². The Kier molecular flexibility index (Phi) is 4.80. The van der Waals surface area contributed by atoms with Gasteiger partial charge >= 0.3 is 10.1 Å². The summed E-state index contributed by atoms with van der Waals surface area (Å²) in [5.74, 6) is -0.147. The fourth-order valence-electron chi connectivity index (χ4n) is 2.88. The van der Waals surface area contributed by atoms with Crippen molar-refractivity contribution in [1.82, 2.24) is 10.2 Å². The molecule has 1 atom stereocenters. The maximum absolute atomic E-state index is 13.1. The minimum Gasteiger partial charge on any atom is -0.383 e. The molecule has 2 aromatic carbocycles. The molecular weight excluding hydrogens is 440 g/mol. The van der Waals surface area contributed by atoms with Crippen LogP contribution in [0, 0.1) is 0 Å². The third kappa shape index (κ3) is 3.34. The van der Waals surface area contributed by atoms with Crippen LogP contribution in [0.2, 0.25) is 0 Å². The lowest BCUT2D eigenvalue weighted by Crippen LogP contribution is -2.45. The summed E-state index contributed by atoms with van der Waals surface area (Å²) in [7, 11) is -2.10. The molecule has 0 saturated carbocycles. The summed E-state index contributed by atoms with van der Waals surface area (Å²) < 4.78 is 28.7. The molecular formula is C17H15BrN2O4S2. The van der Waals surface area contributed by atoms with Gasteiger partial charge < -0.3 is 9.50 Å². The number of hydrogen-bond acceptors (Lipinski definition) is 5. The summed E-state index contributed by atoms with van der Waals surface area (Å²) in [5, 5.41) is 3.38. The van der Waals surface area contributed by atoms with E-state index in [1.54, 1.807) is 19.2 Å². The zero-order valence-corrected chi connectivity index (χ0v) is 17.1. The summed E-state index contributed by atoms with van der Waals surface area (Å²) in [6.07, 6.45) is 0.964. The summed E-state index contributed by atoms with van der Waals surface area (Å²) in [4.78, 5) is 14.5. The van der Waals surface area contributed by atoms with E-state index in [1.165, 1.54) is 17.0 Å². The van der Waals surface area contributed by atoms with Crippen LogP contribution in [-0.4, -0.2) is 37.6 Å². The highest BCUT2D eigenvalue weighted by Gasteiger charge is 2.51. The van der Waals surface area contributed by atoms with Crippen LogP contribution >= 0.6 is 28.1 Å². The van der Waals surface area contributed by atoms with E-state index < -0.39 is 15.7 Å². The lowest BCUT2D eigenvalue weighted by Gasteiger charge is -2.28. The first-order valence-electron chi connectivity index (χ1n) is 7.50. The molecule has 0 aliphatic carbocycles. The van der Waals surface area contributed by atoms with E-state index in [0.29, 0.717) is 11.1 Å². The van der Waals surface area contributed by atoms with Crippen LogP contribution in [0.25, 0.3) is 0 Å². The minimum atomic E-state index is -3.69. The Bertz CT molecular complexity index is 1010. The summed E-state index contributed by atoms with van der Waals surface area (Å²) >= 11 is 8.70. The van der Waals surface area contributed by atoms with Gasteiger partial charge in [-0.2, -0.15) is 8.42 Å². The molecule has 1 heterocycles. The van der Waals surface area contributed by atoms with Gasteiger partial charge in [-0.3, -0.25) is 9.69 Å². The zero-order valence-electron chi connectivity index (χ0n) is 13.9. The number of benzene rings is 2. The molecule has 1 aliphatic heterocycles. The highest BCUT2D eigenvalue weighted by Crippen LogP contribution is 2.38. The van der Waals surface area contributed by atoms with Gasteiger partial charge in [0.1, 0.15) is 5.75 Å². The van der Waals surface area contributed by atoms with Crippen LogP contribution < -0.4 is 9.50 Å². The second-order valence-electron chi connectivity index (χ2n) is 5.87. The zero-order chi connectivity index (χ0) is 19.1. The van der Waals surface area contributed by atoms with Crippen LogP contribution in [0.1, 0.15) is 11.1 Å². The van der Waals surface area contributed by atoms with E-state index in [0.717, 1.165) is 10.7 Å². The largest absolute Gasteiger partial charge is 0.383 e. The van der Waals surface area contributed by atoms with Crippen molar-refractivity contribution in [2.45, 2.75) is 5.54 Å². The first-order valence-corrected chi connectivity index (χ1v) is 10.5. The molecule has 136 valence electrons. The Labute approximate surface area is 165 Å². The molecule has 26 heavy (non-hydrogen) atoms. The number of carbonyl (C=O) groups excluding carboxylic acids is 1. The molecule has 9 heteroatoms. The standard InChI is InChI=1S/C17H15BrN2O4S2/c1-20-15(21)17(19-16(20)25,11-5-3-7-13(18)9-11)12-6-4-8-14(10-12)24-26(2,22)23/h3-10H,1-2H3,(H,19,25). The Balaban J connectivity index is 2.22. The minimum absolute atomic E-state index is 0.120. The van der Waals surface area contributed by atoms with E-state index in [1.807, 2.05) is 24.3 Å². The molecule has 1 saturated heterocycles. The summed E-state index contributed by atoms with van der Waals surface area (Å²) in [6, 6.07) is 13.7. The van der Waals surface area contributed by atoms with Crippen molar-refractivity contribution in [3.8, 4) is 5.75 Å². The molecule has 0 aromatic heterocycles. The summed E-state index contributed by atoms with van der Waals surface area (Å²) in [6.45, 7) is 0. The molecule has 1 unspecified atom stereocenters. The van der Waals surface area contributed by atoms with Crippen LogP contribution in [0.4, 0.5) is 0 Å². The molecule has 6 nitrogen and oxygen atoms in total. The normalized spacial score (nSPS) is 20.2. The van der Waals surface area contributed by atoms with Gasteiger partial charge in [-0.05, 0) is 47.6 Å². The quantitative estimate of drug-likeness (QED) is 0.564. The van der Waals surface area contributed by atoms with Crippen molar-refractivity contribution in [3.05, 3.63) is 64.1 Å². The number of halogens is 1. The van der Waals surface area contributed by atoms with E-state index in [-0.39, 0.29) is 16.8 Å². The molecule has 1 aliphatic rings. The molecule has 0 radical (unpaired) electrons. The molecule has 3 rings (SSSR count). The predicted molar refractivity (Wildman–Crippen MR) is 105 cm³/mol. The van der Waals surface area contributed by atoms with Crippen LogP contribution in [0.15, 0.2) is 53.0 Å². The number of nitrogens with one attached hydrogen (secondary N) is 1. The molecule has 1 N–H and O–H groups in total. The van der Waals surface area contributed by atoms with Crippen molar-refractivity contribution >= 4 is 49.3 Å². The third-order valence-electron chi connectivity index (χ3n) is 4.00. The summed E-state index contributed by atoms with van der Waals surface area (Å²) in [5.41, 5.74) is -0.0829. The van der Waals surface area contributed by atoms with Crippen molar-refractivity contribution in [2.75, 3.05) is 13.3 Å². The van der Waals surface area contributed by atoms with Crippen molar-refractivity contribution < 1.29 is 17.4 Å². The number of carbonyl (C=O) groups is 1. The fourth-order valence-corrected chi connectivity index (χ4v) is 3.97. The highest BCUT2D eigenvalue weighted by atomic mass is 79.9. The highest BCUT2D eigenvalue weighted by molar-refractivity contribution is 9.10. The van der Waals surface area contributed by atoms with Gasteiger partial charge in [-0.25, -0.2) is 0 Å². The average molecular weight is 455 g/mol. The number of thiocarbonyl (C=S) groups is 1. The first-order chi connectivity index (χ1) is 12.1. The average Bonchev–Trinajstić information content (AvgIpc) is 2.79. The maximum atomic E-state index is 13.1. The fraction of sp³-hybridized carbons (Fsp3) is 0.176. The number of hydrogen-bond donors (Lipinski definition) is 1. The predicted octanol–water partition coefficient (Wildman–Crippen LogP) is 2.38. The first kappa shape index (κ1) is 18.8. The molecule has 1 amide bonds. The smallest absolute Gasteiger partial charge is 0.306 e. The SMILES string of the molecule is CN1C(=O)C(c2cccc(Br)c2)(c2cccc(OS(C)(=O)=O)c2)NC1=S. The maximum Gasteiger partial charge on any atom is 0.306 e. The Morgan fingerprint density at radius 2 is 1.77 bits per heavy atom. The Morgan fingerprint density at radius 1 is 1.15 bits per heavy atom. The number of rotatable bonds is 4. The van der Waals surface area contributed by atoms with Gasteiger partial charge in [0.25, 0.3) is 5.91 Å². The van der Waals surface area contributed by atoms with E-state index >= 15 is 0 Å². The molecule has 2 aromatic rings. The number of likely N-dealkylation sites (N-methyl/N-ethyl adjacent to an activating group) is 1. The van der Waals surface area contributed by atoms with Gasteiger partial charge in [0.2, 0.25) is 0 Å².